The van der Waals surface area contributed by atoms with Crippen molar-refractivity contribution in [1.82, 2.24) is 0 Å². The topological polar surface area (TPSA) is 20.2 Å². The molecule has 184 valence electrons. The summed E-state index contributed by atoms with van der Waals surface area (Å²) in [6.45, 7) is 0. The zero-order valence-corrected chi connectivity index (χ0v) is 22.1. The molecule has 3 atom stereocenters. The van der Waals surface area contributed by atoms with Gasteiger partial charge in [-0.15, -0.1) is 11.3 Å². The molecule has 2 heteroatoms. The summed E-state index contributed by atoms with van der Waals surface area (Å²) in [5.41, 5.74) is 6.28. The van der Waals surface area contributed by atoms with Crippen molar-refractivity contribution in [3.05, 3.63) is 132 Å². The number of fused-ring (bicyclic) bond motifs is 6. The molecule has 0 saturated heterocycles. The number of phenolic OH excluding ortho intramolecular Hbond substituents is 1. The largest absolute Gasteiger partial charge is 0.507 e. The third-order valence-corrected chi connectivity index (χ3v) is 9.91. The monoisotopic (exact) mass is 516 g/mol. The zero-order chi connectivity index (χ0) is 26.0. The Labute approximate surface area is 232 Å². The molecule has 3 aliphatic carbocycles. The van der Waals surface area contributed by atoms with Gasteiger partial charge in [-0.05, 0) is 77.6 Å². The van der Waals surface area contributed by atoms with Crippen LogP contribution in [0.25, 0.3) is 36.9 Å². The Balaban J connectivity index is 1.49. The second-order valence-corrected chi connectivity index (χ2v) is 11.7. The molecule has 8 rings (SSSR count). The summed E-state index contributed by atoms with van der Waals surface area (Å²) in [4.78, 5) is 0. The maximum Gasteiger partial charge on any atom is 0.123 e. The number of thiophene rings is 1. The summed E-state index contributed by atoms with van der Waals surface area (Å²) in [7, 11) is 0. The van der Waals surface area contributed by atoms with Crippen molar-refractivity contribution in [3.63, 3.8) is 0 Å². The Bertz CT molecular complexity index is 1940. The molecule has 3 aliphatic rings. The predicted molar refractivity (Wildman–Crippen MR) is 162 cm³/mol. The van der Waals surface area contributed by atoms with E-state index >= 15 is 0 Å². The normalized spacial score (nSPS) is 22.6. The van der Waals surface area contributed by atoms with Gasteiger partial charge in [0.2, 0.25) is 0 Å². The Kier molecular flexibility index (Phi) is 4.90. The summed E-state index contributed by atoms with van der Waals surface area (Å²) in [6.07, 6.45) is 12.5. The van der Waals surface area contributed by atoms with Gasteiger partial charge in [0.05, 0.1) is 5.41 Å². The molecule has 4 aromatic carbocycles. The van der Waals surface area contributed by atoms with E-state index in [2.05, 4.69) is 109 Å². The van der Waals surface area contributed by atoms with Gasteiger partial charge in [0.15, 0.2) is 0 Å². The van der Waals surface area contributed by atoms with Crippen LogP contribution in [0.3, 0.4) is 0 Å². The fourth-order valence-electron chi connectivity index (χ4n) is 7.23. The molecule has 1 aromatic heterocycles. The van der Waals surface area contributed by atoms with Crippen LogP contribution in [0.1, 0.15) is 29.5 Å². The van der Waals surface area contributed by atoms with Gasteiger partial charge < -0.3 is 5.11 Å². The molecule has 0 saturated carbocycles. The Morgan fingerprint density at radius 2 is 1.82 bits per heavy atom. The third-order valence-electron chi connectivity index (χ3n) is 8.76. The van der Waals surface area contributed by atoms with Gasteiger partial charge in [-0.25, -0.2) is 0 Å². The van der Waals surface area contributed by atoms with E-state index in [1.165, 1.54) is 31.3 Å². The summed E-state index contributed by atoms with van der Waals surface area (Å²) >= 11 is 1.84. The van der Waals surface area contributed by atoms with E-state index in [0.29, 0.717) is 5.75 Å². The van der Waals surface area contributed by atoms with Crippen molar-refractivity contribution in [2.45, 2.75) is 18.3 Å². The molecule has 1 heterocycles. The van der Waals surface area contributed by atoms with Crippen LogP contribution in [-0.2, 0) is 5.41 Å². The van der Waals surface area contributed by atoms with Crippen molar-refractivity contribution in [2.75, 3.05) is 0 Å². The van der Waals surface area contributed by atoms with Crippen molar-refractivity contribution in [2.24, 2.45) is 11.8 Å². The van der Waals surface area contributed by atoms with Gasteiger partial charge >= 0.3 is 0 Å². The molecular formula is C37H24OS. The zero-order valence-electron chi connectivity index (χ0n) is 21.2. The summed E-state index contributed by atoms with van der Waals surface area (Å²) in [5, 5.41) is 14.0. The van der Waals surface area contributed by atoms with E-state index in [-0.39, 0.29) is 11.8 Å². The minimum absolute atomic E-state index is 0.0435. The quantitative estimate of drug-likeness (QED) is 0.238. The van der Waals surface area contributed by atoms with E-state index < -0.39 is 5.41 Å². The highest BCUT2D eigenvalue weighted by Crippen LogP contribution is 2.64. The van der Waals surface area contributed by atoms with Gasteiger partial charge in [-0.1, -0.05) is 84.7 Å². The van der Waals surface area contributed by atoms with Crippen LogP contribution in [0.15, 0.2) is 103 Å². The first kappa shape index (κ1) is 22.5. The average Bonchev–Trinajstić information content (AvgIpc) is 3.53. The first-order valence-electron chi connectivity index (χ1n) is 13.5. The van der Waals surface area contributed by atoms with E-state index in [9.17, 15) is 5.11 Å². The van der Waals surface area contributed by atoms with Gasteiger partial charge in [0.25, 0.3) is 0 Å². The molecule has 39 heavy (non-hydrogen) atoms. The molecule has 0 radical (unpaired) electrons. The predicted octanol–water partition coefficient (Wildman–Crippen LogP) is 8.87. The number of aromatic hydroxyl groups is 1. The van der Waals surface area contributed by atoms with Crippen molar-refractivity contribution in [3.8, 4) is 28.7 Å². The van der Waals surface area contributed by atoms with Gasteiger partial charge in [-0.3, -0.25) is 0 Å². The van der Waals surface area contributed by atoms with Crippen molar-refractivity contribution in [1.29, 1.82) is 0 Å². The Morgan fingerprint density at radius 1 is 0.897 bits per heavy atom. The number of hydrogen-bond donors (Lipinski definition) is 1. The van der Waals surface area contributed by atoms with Crippen molar-refractivity contribution >= 4 is 37.1 Å². The maximum absolute atomic E-state index is 11.5. The minimum Gasteiger partial charge on any atom is -0.507 e. The Hall–Kier alpha value is -4.50. The fourth-order valence-corrected chi connectivity index (χ4v) is 8.32. The molecule has 0 spiro atoms. The van der Waals surface area contributed by atoms with Crippen LogP contribution in [0, 0.1) is 35.8 Å². The second kappa shape index (κ2) is 8.51. The van der Waals surface area contributed by atoms with Gasteiger partial charge in [0, 0.05) is 43.1 Å². The molecule has 0 bridgehead atoms. The standard InChI is InChI=1S/C37H24OS/c38-32-21-20-27(24-19-22-34-30(23-24)28-15-8-10-18-33(28)39-34)36-35(32)29-16-7-9-17-31(29)37(36,25-11-3-1-4-12-25)26-13-5-2-6-14-26/h1-3,5,7-11,15-16,18-23,26,31,38H,13,17H2. The smallest absolute Gasteiger partial charge is 0.123 e. The summed E-state index contributed by atoms with van der Waals surface area (Å²) in [5.74, 6) is 7.44. The maximum atomic E-state index is 11.5. The number of allylic oxidation sites excluding steroid dienone is 6. The Morgan fingerprint density at radius 3 is 2.69 bits per heavy atom. The lowest BCUT2D eigenvalue weighted by Crippen LogP contribution is -2.41. The number of hydrogen-bond acceptors (Lipinski definition) is 2. The fraction of sp³-hybridized carbons (Fsp3) is 0.135. The molecule has 1 nitrogen and oxygen atoms in total. The highest BCUT2D eigenvalue weighted by molar-refractivity contribution is 7.25. The lowest BCUT2D eigenvalue weighted by atomic mass is 9.58. The van der Waals surface area contributed by atoms with Gasteiger partial charge in [-0.2, -0.15) is 0 Å². The highest BCUT2D eigenvalue weighted by Gasteiger charge is 2.56. The average molecular weight is 517 g/mol. The minimum atomic E-state index is -0.471. The SMILES string of the molecule is Oc1ccc(-c2ccc3sc4ccccc4c3c2)c2c1C1=CC=CCC1C2(c1c#cccc1)C1C#CC=CC1. The third kappa shape index (κ3) is 3.10. The molecule has 0 amide bonds. The first-order valence-corrected chi connectivity index (χ1v) is 14.3. The molecular weight excluding hydrogens is 492 g/mol. The number of phenols is 1. The van der Waals surface area contributed by atoms with E-state index in [1.807, 2.05) is 29.5 Å². The first-order chi connectivity index (χ1) is 19.3. The van der Waals surface area contributed by atoms with Crippen LogP contribution in [0.5, 0.6) is 5.75 Å². The van der Waals surface area contributed by atoms with E-state index in [4.69, 9.17) is 0 Å². The van der Waals surface area contributed by atoms with Crippen LogP contribution in [0.4, 0.5) is 0 Å². The molecule has 0 fully saturated rings. The molecule has 5 aromatic rings. The highest BCUT2D eigenvalue weighted by atomic mass is 32.1. The molecule has 3 unspecified atom stereocenters. The lowest BCUT2D eigenvalue weighted by Gasteiger charge is -2.42. The molecule has 0 aliphatic heterocycles. The summed E-state index contributed by atoms with van der Waals surface area (Å²) < 4.78 is 2.59. The van der Waals surface area contributed by atoms with Crippen LogP contribution in [0.2, 0.25) is 0 Å². The second-order valence-electron chi connectivity index (χ2n) is 10.6. The number of benzene rings is 3. The summed E-state index contributed by atoms with van der Waals surface area (Å²) in [6, 6.07) is 32.4. The van der Waals surface area contributed by atoms with E-state index in [0.717, 1.165) is 35.1 Å². The van der Waals surface area contributed by atoms with Crippen LogP contribution < -0.4 is 0 Å². The van der Waals surface area contributed by atoms with Crippen molar-refractivity contribution < 1.29 is 5.11 Å². The van der Waals surface area contributed by atoms with E-state index in [1.54, 1.807) is 0 Å². The number of rotatable bonds is 3. The molecule has 1 N–H and O–H groups in total. The lowest BCUT2D eigenvalue weighted by molar-refractivity contribution is 0.321. The van der Waals surface area contributed by atoms with Crippen LogP contribution >= 0.6 is 11.3 Å². The van der Waals surface area contributed by atoms with Crippen LogP contribution in [-0.4, -0.2) is 5.11 Å². The van der Waals surface area contributed by atoms with Gasteiger partial charge in [0.1, 0.15) is 5.75 Å².